The average Bonchev–Trinajstić information content (AvgIpc) is 2.29. The molecule has 0 saturated heterocycles. The van der Waals surface area contributed by atoms with Gasteiger partial charge >= 0.3 is 0 Å². The van der Waals surface area contributed by atoms with Crippen LogP contribution in [0.3, 0.4) is 0 Å². The zero-order valence-electron chi connectivity index (χ0n) is 10.5. The van der Waals surface area contributed by atoms with Gasteiger partial charge in [0, 0.05) is 11.6 Å². The summed E-state index contributed by atoms with van der Waals surface area (Å²) in [5.41, 5.74) is 0.930. The highest BCUT2D eigenvalue weighted by Crippen LogP contribution is 2.17. The standard InChI is InChI=1S/C13H18FNO2/c1-4-5-8-17-11-6-7-12(13(14)9-11)10(2)15-16-3/h6-7,9H,4-5,8H2,1-3H3/b15-10-. The number of unbranched alkanes of at least 4 members (excludes halogenated alkanes) is 1. The third kappa shape index (κ3) is 4.06. The third-order valence-corrected chi connectivity index (χ3v) is 2.33. The van der Waals surface area contributed by atoms with Gasteiger partial charge in [-0.2, -0.15) is 0 Å². The summed E-state index contributed by atoms with van der Waals surface area (Å²) in [7, 11) is 1.43. The van der Waals surface area contributed by atoms with Crippen LogP contribution in [-0.4, -0.2) is 19.4 Å². The minimum Gasteiger partial charge on any atom is -0.493 e. The molecular formula is C13H18FNO2. The van der Waals surface area contributed by atoms with Gasteiger partial charge in [-0.15, -0.1) is 0 Å². The number of benzene rings is 1. The molecule has 4 heteroatoms. The average molecular weight is 239 g/mol. The van der Waals surface area contributed by atoms with Gasteiger partial charge in [-0.25, -0.2) is 4.39 Å². The van der Waals surface area contributed by atoms with E-state index in [0.29, 0.717) is 23.6 Å². The maximum atomic E-state index is 13.7. The third-order valence-electron chi connectivity index (χ3n) is 2.33. The predicted octanol–water partition coefficient (Wildman–Crippen LogP) is 3.38. The fourth-order valence-electron chi connectivity index (χ4n) is 1.40. The molecule has 0 radical (unpaired) electrons. The number of halogens is 1. The van der Waals surface area contributed by atoms with Crippen molar-refractivity contribution in [2.75, 3.05) is 13.7 Å². The lowest BCUT2D eigenvalue weighted by Crippen LogP contribution is -2.02. The highest BCUT2D eigenvalue weighted by Gasteiger charge is 2.07. The Morgan fingerprint density at radius 2 is 2.18 bits per heavy atom. The number of ether oxygens (including phenoxy) is 1. The van der Waals surface area contributed by atoms with Gasteiger partial charge in [0.05, 0.1) is 12.3 Å². The van der Waals surface area contributed by atoms with Crippen LogP contribution in [0.1, 0.15) is 32.3 Å². The van der Waals surface area contributed by atoms with Crippen LogP contribution < -0.4 is 4.74 Å². The molecule has 0 heterocycles. The zero-order chi connectivity index (χ0) is 12.7. The fourth-order valence-corrected chi connectivity index (χ4v) is 1.40. The van der Waals surface area contributed by atoms with E-state index in [9.17, 15) is 4.39 Å². The number of hydrogen-bond acceptors (Lipinski definition) is 3. The van der Waals surface area contributed by atoms with Crippen molar-refractivity contribution < 1.29 is 14.0 Å². The van der Waals surface area contributed by atoms with Crippen LogP contribution in [0.4, 0.5) is 4.39 Å². The summed E-state index contributed by atoms with van der Waals surface area (Å²) in [5.74, 6) is 0.196. The second-order valence-corrected chi connectivity index (χ2v) is 3.70. The molecule has 94 valence electrons. The lowest BCUT2D eigenvalue weighted by Gasteiger charge is -2.07. The Labute approximate surface area is 101 Å². The van der Waals surface area contributed by atoms with E-state index in [1.54, 1.807) is 19.1 Å². The van der Waals surface area contributed by atoms with E-state index in [1.165, 1.54) is 13.2 Å². The molecule has 0 aliphatic carbocycles. The Morgan fingerprint density at radius 3 is 2.76 bits per heavy atom. The molecule has 0 spiro atoms. The van der Waals surface area contributed by atoms with Gasteiger partial charge in [-0.05, 0) is 25.5 Å². The maximum Gasteiger partial charge on any atom is 0.136 e. The van der Waals surface area contributed by atoms with E-state index in [2.05, 4.69) is 16.9 Å². The Kier molecular flexibility index (Phi) is 5.46. The van der Waals surface area contributed by atoms with Gasteiger partial charge in [0.25, 0.3) is 0 Å². The topological polar surface area (TPSA) is 30.8 Å². The van der Waals surface area contributed by atoms with Crippen LogP contribution >= 0.6 is 0 Å². The van der Waals surface area contributed by atoms with Crippen molar-refractivity contribution in [3.8, 4) is 5.75 Å². The van der Waals surface area contributed by atoms with Crippen LogP contribution in [-0.2, 0) is 4.84 Å². The van der Waals surface area contributed by atoms with Gasteiger partial charge in [-0.3, -0.25) is 0 Å². The number of oxime groups is 1. The SMILES string of the molecule is CCCCOc1ccc(/C(C)=N\OC)c(F)c1. The van der Waals surface area contributed by atoms with E-state index in [1.807, 2.05) is 0 Å². The quantitative estimate of drug-likeness (QED) is 0.433. The molecule has 0 fully saturated rings. The Morgan fingerprint density at radius 1 is 1.41 bits per heavy atom. The molecule has 0 amide bonds. The van der Waals surface area contributed by atoms with Crippen LogP contribution in [0.5, 0.6) is 5.75 Å². The molecule has 1 rings (SSSR count). The number of hydrogen-bond donors (Lipinski definition) is 0. The molecule has 0 aliphatic rings. The van der Waals surface area contributed by atoms with Gasteiger partial charge in [-0.1, -0.05) is 18.5 Å². The van der Waals surface area contributed by atoms with Crippen molar-refractivity contribution in [2.45, 2.75) is 26.7 Å². The Hall–Kier alpha value is -1.58. The molecule has 17 heavy (non-hydrogen) atoms. The highest BCUT2D eigenvalue weighted by atomic mass is 19.1. The number of rotatable bonds is 6. The van der Waals surface area contributed by atoms with Crippen molar-refractivity contribution in [1.29, 1.82) is 0 Å². The lowest BCUT2D eigenvalue weighted by atomic mass is 10.1. The summed E-state index contributed by atoms with van der Waals surface area (Å²) in [6.07, 6.45) is 2.02. The largest absolute Gasteiger partial charge is 0.493 e. The summed E-state index contributed by atoms with van der Waals surface area (Å²) >= 11 is 0. The smallest absolute Gasteiger partial charge is 0.136 e. The van der Waals surface area contributed by atoms with Crippen molar-refractivity contribution in [3.05, 3.63) is 29.6 Å². The van der Waals surface area contributed by atoms with Crippen molar-refractivity contribution in [3.63, 3.8) is 0 Å². The van der Waals surface area contributed by atoms with Crippen LogP contribution in [0.2, 0.25) is 0 Å². The maximum absolute atomic E-state index is 13.7. The van der Waals surface area contributed by atoms with Crippen LogP contribution in [0, 0.1) is 5.82 Å². The normalized spacial score (nSPS) is 11.4. The van der Waals surface area contributed by atoms with E-state index >= 15 is 0 Å². The first-order valence-corrected chi connectivity index (χ1v) is 5.69. The van der Waals surface area contributed by atoms with Crippen LogP contribution in [0.25, 0.3) is 0 Å². The van der Waals surface area contributed by atoms with E-state index in [-0.39, 0.29) is 5.82 Å². The van der Waals surface area contributed by atoms with Crippen molar-refractivity contribution in [2.24, 2.45) is 5.16 Å². The van der Waals surface area contributed by atoms with Crippen molar-refractivity contribution >= 4 is 5.71 Å². The lowest BCUT2D eigenvalue weighted by molar-refractivity contribution is 0.213. The second-order valence-electron chi connectivity index (χ2n) is 3.70. The molecule has 0 N–H and O–H groups in total. The minimum atomic E-state index is -0.350. The van der Waals surface area contributed by atoms with Gasteiger partial charge < -0.3 is 9.57 Å². The first kappa shape index (κ1) is 13.5. The first-order valence-electron chi connectivity index (χ1n) is 5.69. The number of nitrogens with zero attached hydrogens (tertiary/aromatic N) is 1. The Bertz CT molecular complexity index is 391. The fraction of sp³-hybridized carbons (Fsp3) is 0.462. The molecule has 3 nitrogen and oxygen atoms in total. The zero-order valence-corrected chi connectivity index (χ0v) is 10.5. The van der Waals surface area contributed by atoms with E-state index < -0.39 is 0 Å². The minimum absolute atomic E-state index is 0.350. The van der Waals surface area contributed by atoms with E-state index in [0.717, 1.165) is 12.8 Å². The molecule has 0 unspecified atom stereocenters. The molecule has 0 aliphatic heterocycles. The predicted molar refractivity (Wildman–Crippen MR) is 66.0 cm³/mol. The second kappa shape index (κ2) is 6.89. The van der Waals surface area contributed by atoms with E-state index in [4.69, 9.17) is 4.74 Å². The first-order chi connectivity index (χ1) is 8.19. The van der Waals surface area contributed by atoms with Gasteiger partial charge in [0.15, 0.2) is 0 Å². The molecule has 0 atom stereocenters. The summed E-state index contributed by atoms with van der Waals surface area (Å²) in [4.78, 5) is 4.61. The van der Waals surface area contributed by atoms with Gasteiger partial charge in [0.2, 0.25) is 0 Å². The summed E-state index contributed by atoms with van der Waals surface area (Å²) < 4.78 is 19.1. The van der Waals surface area contributed by atoms with Crippen molar-refractivity contribution in [1.82, 2.24) is 0 Å². The summed E-state index contributed by atoms with van der Waals surface area (Å²) in [5, 5.41) is 3.70. The summed E-state index contributed by atoms with van der Waals surface area (Å²) in [6, 6.07) is 4.76. The molecule has 1 aromatic rings. The molecular weight excluding hydrogens is 221 g/mol. The molecule has 0 saturated carbocycles. The molecule has 0 bridgehead atoms. The Balaban J connectivity index is 2.75. The highest BCUT2D eigenvalue weighted by molar-refractivity contribution is 5.98. The summed E-state index contributed by atoms with van der Waals surface area (Å²) in [6.45, 7) is 4.39. The van der Waals surface area contributed by atoms with Crippen LogP contribution in [0.15, 0.2) is 23.4 Å². The molecule has 0 aromatic heterocycles. The molecule has 1 aromatic carbocycles. The monoisotopic (exact) mass is 239 g/mol. The van der Waals surface area contributed by atoms with Gasteiger partial charge in [0.1, 0.15) is 18.7 Å².